The Bertz CT molecular complexity index is 401. The largest absolute Gasteiger partial charge is 0.400 e. The van der Waals surface area contributed by atoms with Gasteiger partial charge in [0.1, 0.15) is 12.1 Å². The first-order valence-corrected chi connectivity index (χ1v) is 8.66. The van der Waals surface area contributed by atoms with Gasteiger partial charge in [-0.1, -0.05) is 27.7 Å². The highest BCUT2D eigenvalue weighted by Crippen LogP contribution is 2.23. The minimum Gasteiger partial charge on any atom is -0.400 e. The van der Waals surface area contributed by atoms with Gasteiger partial charge in [0.05, 0.1) is 5.54 Å². The molecule has 3 N–H and O–H groups in total. The molecule has 0 spiro atoms. The zero-order valence-electron chi connectivity index (χ0n) is 17.9. The predicted molar refractivity (Wildman–Crippen MR) is 104 cm³/mol. The third kappa shape index (κ3) is 13.7. The fourth-order valence-electron chi connectivity index (χ4n) is 1.93. The molecule has 0 aliphatic carbocycles. The van der Waals surface area contributed by atoms with E-state index in [1.54, 1.807) is 14.0 Å². The standard InChI is InChI=1S/C14H28N2O2.C4H8O.CH4O/c1-10(17)14(7,15-8)9-13(5,6)16-11(18)12(2,3)4;1-2-3-4-5;1-2/h15H,9H2,1-8H3,(H,16,18);4H,2-3H2,1H3;2H,1H3. The Hall–Kier alpha value is -1.27. The Morgan fingerprint density at radius 1 is 1.04 bits per heavy atom. The van der Waals surface area contributed by atoms with Crippen molar-refractivity contribution in [1.29, 1.82) is 0 Å². The highest BCUT2D eigenvalue weighted by Gasteiger charge is 2.37. The lowest BCUT2D eigenvalue weighted by Crippen LogP contribution is -2.57. The number of ketones is 1. The van der Waals surface area contributed by atoms with Crippen LogP contribution < -0.4 is 10.6 Å². The maximum absolute atomic E-state index is 12.0. The fraction of sp³-hybridized carbons (Fsp3) is 0.842. The lowest BCUT2D eigenvalue weighted by molar-refractivity contribution is -0.131. The van der Waals surface area contributed by atoms with E-state index in [1.165, 1.54) is 0 Å². The van der Waals surface area contributed by atoms with Crippen molar-refractivity contribution >= 4 is 18.0 Å². The topological polar surface area (TPSA) is 95.5 Å². The highest BCUT2D eigenvalue weighted by molar-refractivity contribution is 5.86. The molecule has 0 aliphatic heterocycles. The van der Waals surface area contributed by atoms with Crippen LogP contribution in [0.1, 0.15) is 74.7 Å². The smallest absolute Gasteiger partial charge is 0.225 e. The number of hydrogen-bond donors (Lipinski definition) is 3. The molecular weight excluding hydrogens is 320 g/mol. The number of rotatable bonds is 7. The Kier molecular flexibility index (Phi) is 14.8. The van der Waals surface area contributed by atoms with Crippen molar-refractivity contribution in [2.24, 2.45) is 5.41 Å². The Labute approximate surface area is 154 Å². The zero-order chi connectivity index (χ0) is 20.9. The van der Waals surface area contributed by atoms with Crippen molar-refractivity contribution < 1.29 is 19.5 Å². The third-order valence-corrected chi connectivity index (χ3v) is 3.66. The van der Waals surface area contributed by atoms with Crippen molar-refractivity contribution in [3.8, 4) is 0 Å². The summed E-state index contributed by atoms with van der Waals surface area (Å²) >= 11 is 0. The van der Waals surface area contributed by atoms with E-state index >= 15 is 0 Å². The summed E-state index contributed by atoms with van der Waals surface area (Å²) in [5.41, 5.74) is -1.48. The van der Waals surface area contributed by atoms with E-state index in [0.29, 0.717) is 12.8 Å². The first kappa shape index (κ1) is 28.5. The second kappa shape index (κ2) is 13.0. The van der Waals surface area contributed by atoms with Gasteiger partial charge >= 0.3 is 0 Å². The molecule has 0 aromatic rings. The van der Waals surface area contributed by atoms with Gasteiger partial charge in [-0.15, -0.1) is 0 Å². The summed E-state index contributed by atoms with van der Waals surface area (Å²) in [4.78, 5) is 33.1. The van der Waals surface area contributed by atoms with E-state index in [4.69, 9.17) is 5.11 Å². The van der Waals surface area contributed by atoms with E-state index in [2.05, 4.69) is 10.6 Å². The molecule has 0 saturated heterocycles. The number of unbranched alkanes of at least 4 members (excludes halogenated alkanes) is 1. The zero-order valence-corrected chi connectivity index (χ0v) is 17.9. The van der Waals surface area contributed by atoms with Crippen molar-refractivity contribution in [1.82, 2.24) is 10.6 Å². The van der Waals surface area contributed by atoms with E-state index < -0.39 is 16.5 Å². The first-order valence-electron chi connectivity index (χ1n) is 8.66. The van der Waals surface area contributed by atoms with Crippen molar-refractivity contribution in [2.45, 2.75) is 85.7 Å². The molecule has 6 nitrogen and oxygen atoms in total. The van der Waals surface area contributed by atoms with Crippen LogP contribution in [0.15, 0.2) is 0 Å². The van der Waals surface area contributed by atoms with Crippen LogP contribution in [0.4, 0.5) is 0 Å². The summed E-state index contributed by atoms with van der Waals surface area (Å²) in [6.45, 7) is 14.9. The average molecular weight is 361 g/mol. The molecule has 0 aliphatic rings. The molecule has 0 aromatic carbocycles. The third-order valence-electron chi connectivity index (χ3n) is 3.66. The van der Waals surface area contributed by atoms with Gasteiger partial charge in [-0.25, -0.2) is 0 Å². The van der Waals surface area contributed by atoms with Crippen molar-refractivity contribution in [3.05, 3.63) is 0 Å². The van der Waals surface area contributed by atoms with Crippen molar-refractivity contribution in [2.75, 3.05) is 14.2 Å². The molecule has 0 fully saturated rings. The number of aliphatic hydroxyl groups is 1. The number of carbonyl (C=O) groups is 3. The number of likely N-dealkylation sites (N-methyl/N-ethyl adjacent to an activating group) is 1. The Morgan fingerprint density at radius 2 is 1.48 bits per heavy atom. The number of carbonyl (C=O) groups excluding carboxylic acids is 3. The van der Waals surface area contributed by atoms with Gasteiger partial charge in [0, 0.05) is 24.5 Å². The second-order valence-electron chi connectivity index (χ2n) is 7.86. The van der Waals surface area contributed by atoms with Crippen LogP contribution in [0.5, 0.6) is 0 Å². The van der Waals surface area contributed by atoms with Crippen molar-refractivity contribution in [3.63, 3.8) is 0 Å². The van der Waals surface area contributed by atoms with E-state index in [1.807, 2.05) is 48.5 Å². The van der Waals surface area contributed by atoms with Gasteiger partial charge in [-0.3, -0.25) is 9.59 Å². The lowest BCUT2D eigenvalue weighted by atomic mass is 9.82. The van der Waals surface area contributed by atoms with Gasteiger partial charge in [0.15, 0.2) is 0 Å². The molecule has 1 amide bonds. The van der Waals surface area contributed by atoms with Gasteiger partial charge in [0.25, 0.3) is 0 Å². The van der Waals surface area contributed by atoms with Crippen LogP contribution >= 0.6 is 0 Å². The van der Waals surface area contributed by atoms with E-state index in [9.17, 15) is 14.4 Å². The molecule has 0 heterocycles. The Balaban J connectivity index is -0.000000588. The highest BCUT2D eigenvalue weighted by atomic mass is 16.2. The Morgan fingerprint density at radius 3 is 1.68 bits per heavy atom. The number of Topliss-reactive ketones (excluding diaryl/α,β-unsaturated/α-hetero) is 1. The molecule has 0 rings (SSSR count). The molecule has 1 unspecified atom stereocenters. The molecule has 0 bridgehead atoms. The minimum atomic E-state index is -0.616. The predicted octanol–water partition coefficient (Wildman–Crippen LogP) is 2.48. The molecule has 0 radical (unpaired) electrons. The van der Waals surface area contributed by atoms with Gasteiger partial charge in [-0.2, -0.15) is 0 Å². The van der Waals surface area contributed by atoms with Crippen LogP contribution in [0.3, 0.4) is 0 Å². The second-order valence-corrected chi connectivity index (χ2v) is 7.86. The van der Waals surface area contributed by atoms with Crippen LogP contribution in [0.2, 0.25) is 0 Å². The van der Waals surface area contributed by atoms with Crippen LogP contribution in [-0.2, 0) is 14.4 Å². The summed E-state index contributed by atoms with van der Waals surface area (Å²) in [6, 6.07) is 0. The molecule has 0 saturated carbocycles. The first-order chi connectivity index (χ1) is 11.3. The summed E-state index contributed by atoms with van der Waals surface area (Å²) in [6.07, 6.45) is 3.16. The molecule has 25 heavy (non-hydrogen) atoms. The molecular formula is C19H40N2O4. The lowest BCUT2D eigenvalue weighted by Gasteiger charge is -2.37. The average Bonchev–Trinajstić information content (AvgIpc) is 2.48. The molecule has 0 aromatic heterocycles. The quantitative estimate of drug-likeness (QED) is 0.606. The number of aliphatic hydroxyl groups excluding tert-OH is 1. The van der Waals surface area contributed by atoms with E-state index in [0.717, 1.165) is 19.8 Å². The fourth-order valence-corrected chi connectivity index (χ4v) is 1.93. The van der Waals surface area contributed by atoms with Crippen LogP contribution in [0, 0.1) is 5.41 Å². The maximum Gasteiger partial charge on any atom is 0.225 e. The number of nitrogens with one attached hydrogen (secondary N) is 2. The van der Waals surface area contributed by atoms with Gasteiger partial charge < -0.3 is 20.5 Å². The molecule has 6 heteroatoms. The maximum atomic E-state index is 12.0. The van der Waals surface area contributed by atoms with Gasteiger partial charge in [-0.05, 0) is 47.6 Å². The number of amides is 1. The number of hydrogen-bond acceptors (Lipinski definition) is 5. The van der Waals surface area contributed by atoms with Crippen LogP contribution in [0.25, 0.3) is 0 Å². The SMILES string of the molecule is CCCC=O.CNC(C)(CC(C)(C)NC(=O)C(C)(C)C)C(C)=O.CO. The molecule has 150 valence electrons. The molecule has 1 atom stereocenters. The monoisotopic (exact) mass is 360 g/mol. The number of aldehydes is 1. The van der Waals surface area contributed by atoms with E-state index in [-0.39, 0.29) is 11.7 Å². The van der Waals surface area contributed by atoms with Crippen LogP contribution in [-0.4, -0.2) is 48.3 Å². The minimum absolute atomic E-state index is 0.00509. The summed E-state index contributed by atoms with van der Waals surface area (Å²) in [5, 5.41) is 13.1. The normalized spacial score (nSPS) is 13.2. The summed E-state index contributed by atoms with van der Waals surface area (Å²) < 4.78 is 0. The summed E-state index contributed by atoms with van der Waals surface area (Å²) in [7, 11) is 2.77. The van der Waals surface area contributed by atoms with Gasteiger partial charge in [0.2, 0.25) is 5.91 Å². The summed E-state index contributed by atoms with van der Waals surface area (Å²) in [5.74, 6) is 0.0672.